The maximum absolute atomic E-state index is 13.8. The van der Waals surface area contributed by atoms with Gasteiger partial charge in [-0.1, -0.05) is 83.8 Å². The molecule has 3 aromatic carbocycles. The lowest BCUT2D eigenvalue weighted by Gasteiger charge is -2.22. The van der Waals surface area contributed by atoms with Gasteiger partial charge in [0.05, 0.1) is 30.0 Å². The molecule has 10 nitrogen and oxygen atoms in total. The molecule has 1 fully saturated rings. The maximum Gasteiger partial charge on any atom is 0.337 e. The van der Waals surface area contributed by atoms with E-state index in [0.29, 0.717) is 32.6 Å². The summed E-state index contributed by atoms with van der Waals surface area (Å²) < 4.78 is 7.28. The van der Waals surface area contributed by atoms with Crippen LogP contribution < -0.4 is 4.90 Å². The van der Waals surface area contributed by atoms with Gasteiger partial charge in [-0.3, -0.25) is 14.5 Å². The molecule has 7 rings (SSSR count). The van der Waals surface area contributed by atoms with Crippen LogP contribution in [-0.2, 0) is 20.1 Å². The molecule has 0 radical (unpaired) electrons. The van der Waals surface area contributed by atoms with E-state index < -0.39 is 29.5 Å². The topological polar surface area (TPSA) is 127 Å². The molecule has 6 aromatic rings. The van der Waals surface area contributed by atoms with Crippen molar-refractivity contribution in [2.24, 2.45) is 0 Å². The average molecular weight is 662 g/mol. The van der Waals surface area contributed by atoms with Gasteiger partial charge in [0, 0.05) is 11.9 Å². The minimum atomic E-state index is -1.06. The quantitative estimate of drug-likeness (QED) is 0.0499. The lowest BCUT2D eigenvalue weighted by molar-refractivity contribution is -0.132. The number of anilines is 1. The lowest BCUT2D eigenvalue weighted by atomic mass is 9.95. The number of ketones is 1. The highest BCUT2D eigenvalue weighted by molar-refractivity contribution is 8.00. The number of nitrogens with zero attached hydrogens (tertiary/aromatic N) is 5. The molecule has 0 saturated carbocycles. The third-order valence-corrected chi connectivity index (χ3v) is 10.3. The molecule has 1 atom stereocenters. The van der Waals surface area contributed by atoms with Crippen LogP contribution in [0.5, 0.6) is 0 Å². The van der Waals surface area contributed by atoms with E-state index in [1.165, 1.54) is 35.1 Å². The number of imidazole rings is 1. The Labute approximate surface area is 277 Å². The summed E-state index contributed by atoms with van der Waals surface area (Å²) in [7, 11) is 1.29. The van der Waals surface area contributed by atoms with Gasteiger partial charge in [-0.25, -0.2) is 9.78 Å². The van der Waals surface area contributed by atoms with E-state index in [0.717, 1.165) is 21.9 Å². The standard InChI is InChI=1S/C35H27N5O5S2/c1-19-8-7-17-39-20(2)27(36-31(19)39)29(41)26-28(22-13-15-23(16-14-22)33(44)45-3)40(32(43)30(26)42)34-37-38-35(47-34)46-18-24-11-6-10-21-9-4-5-12-25(21)24/h4-17,28,41H,18H2,1-3H3. The number of aryl methyl sites for hydroxylation is 2. The third-order valence-electron chi connectivity index (χ3n) is 8.23. The second-order valence-corrected chi connectivity index (χ2v) is 13.2. The summed E-state index contributed by atoms with van der Waals surface area (Å²) in [5, 5.41) is 22.9. The number of esters is 1. The fraction of sp³-hybridized carbons (Fsp3) is 0.143. The summed E-state index contributed by atoms with van der Waals surface area (Å²) in [6.45, 7) is 3.69. The molecule has 3 aromatic heterocycles. The Morgan fingerprint density at radius 2 is 1.74 bits per heavy atom. The molecule has 1 aliphatic heterocycles. The van der Waals surface area contributed by atoms with Gasteiger partial charge in [0.15, 0.2) is 10.1 Å². The Balaban J connectivity index is 1.30. The van der Waals surface area contributed by atoms with Crippen molar-refractivity contribution in [2.75, 3.05) is 12.0 Å². The van der Waals surface area contributed by atoms with Crippen molar-refractivity contribution in [3.05, 3.63) is 124 Å². The van der Waals surface area contributed by atoms with Crippen molar-refractivity contribution in [1.29, 1.82) is 0 Å². The number of carbonyl (C=O) groups excluding carboxylic acids is 3. The zero-order valence-corrected chi connectivity index (χ0v) is 27.1. The summed E-state index contributed by atoms with van der Waals surface area (Å²) in [4.78, 5) is 45.6. The number of aliphatic hydroxyl groups excluding tert-OH is 1. The maximum atomic E-state index is 13.8. The Bertz CT molecular complexity index is 2250. The smallest absolute Gasteiger partial charge is 0.337 e. The summed E-state index contributed by atoms with van der Waals surface area (Å²) in [6.07, 6.45) is 1.82. The van der Waals surface area contributed by atoms with Crippen LogP contribution >= 0.6 is 23.1 Å². The number of hydrogen-bond donors (Lipinski definition) is 1. The van der Waals surface area contributed by atoms with Gasteiger partial charge in [0.1, 0.15) is 11.3 Å². The van der Waals surface area contributed by atoms with Gasteiger partial charge in [0.25, 0.3) is 5.78 Å². The van der Waals surface area contributed by atoms with Crippen molar-refractivity contribution in [2.45, 2.75) is 30.0 Å². The number of Topliss-reactive ketones (excluding diaryl/α,β-unsaturated/α-hetero) is 1. The molecule has 47 heavy (non-hydrogen) atoms. The Morgan fingerprint density at radius 1 is 0.979 bits per heavy atom. The van der Waals surface area contributed by atoms with Crippen LogP contribution in [0.15, 0.2) is 95.0 Å². The first-order valence-electron chi connectivity index (χ1n) is 14.6. The molecule has 1 aliphatic rings. The van der Waals surface area contributed by atoms with Crippen LogP contribution in [-0.4, -0.2) is 49.5 Å². The van der Waals surface area contributed by atoms with Gasteiger partial charge in [-0.15, -0.1) is 10.2 Å². The first-order valence-corrected chi connectivity index (χ1v) is 16.4. The average Bonchev–Trinajstić information content (AvgIpc) is 3.78. The van der Waals surface area contributed by atoms with Crippen LogP contribution in [0.2, 0.25) is 0 Å². The predicted octanol–water partition coefficient (Wildman–Crippen LogP) is 6.66. The van der Waals surface area contributed by atoms with E-state index >= 15 is 0 Å². The number of thioether (sulfide) groups is 1. The van der Waals surface area contributed by atoms with E-state index in [1.54, 1.807) is 31.2 Å². The van der Waals surface area contributed by atoms with Crippen LogP contribution in [0.25, 0.3) is 22.2 Å². The van der Waals surface area contributed by atoms with Crippen LogP contribution in [0.3, 0.4) is 0 Å². The number of ether oxygens (including phenoxy) is 1. The minimum Gasteiger partial charge on any atom is -0.505 e. The number of fused-ring (bicyclic) bond motifs is 2. The SMILES string of the molecule is COC(=O)c1ccc(C2C(=C(O)c3nc4c(C)cccn4c3C)C(=O)C(=O)N2c2nnc(SCc3cccc4ccccc34)s2)cc1. The van der Waals surface area contributed by atoms with Crippen LogP contribution in [0, 0.1) is 13.8 Å². The summed E-state index contributed by atoms with van der Waals surface area (Å²) in [5.41, 5.74) is 4.08. The van der Waals surface area contributed by atoms with Gasteiger partial charge in [0.2, 0.25) is 5.13 Å². The lowest BCUT2D eigenvalue weighted by Crippen LogP contribution is -2.29. The van der Waals surface area contributed by atoms with Crippen molar-refractivity contribution < 1.29 is 24.2 Å². The van der Waals surface area contributed by atoms with Gasteiger partial charge in [-0.2, -0.15) is 0 Å². The highest BCUT2D eigenvalue weighted by Gasteiger charge is 2.49. The number of rotatable bonds is 7. The summed E-state index contributed by atoms with van der Waals surface area (Å²) >= 11 is 2.67. The number of hydrogen-bond acceptors (Lipinski definition) is 10. The molecule has 0 bridgehead atoms. The van der Waals surface area contributed by atoms with E-state index in [1.807, 2.05) is 47.9 Å². The zero-order chi connectivity index (χ0) is 32.8. The largest absolute Gasteiger partial charge is 0.505 e. The zero-order valence-electron chi connectivity index (χ0n) is 25.5. The van der Waals surface area contributed by atoms with Crippen molar-refractivity contribution >= 4 is 68.1 Å². The minimum absolute atomic E-state index is 0.134. The van der Waals surface area contributed by atoms with E-state index in [4.69, 9.17) is 4.74 Å². The molecule has 0 aliphatic carbocycles. The fourth-order valence-electron chi connectivity index (χ4n) is 5.85. The highest BCUT2D eigenvalue weighted by atomic mass is 32.2. The molecule has 1 amide bonds. The Hall–Kier alpha value is -5.33. The predicted molar refractivity (Wildman–Crippen MR) is 181 cm³/mol. The summed E-state index contributed by atoms with van der Waals surface area (Å²) in [5.74, 6) is -2.03. The normalized spacial score (nSPS) is 16.0. The molecule has 4 heterocycles. The first kappa shape index (κ1) is 30.3. The molecule has 234 valence electrons. The van der Waals surface area contributed by atoms with Crippen molar-refractivity contribution in [3.63, 3.8) is 0 Å². The molecule has 12 heteroatoms. The molecule has 0 spiro atoms. The molecule has 1 unspecified atom stereocenters. The first-order chi connectivity index (χ1) is 22.8. The number of methoxy groups -OCH3 is 1. The number of amides is 1. The molecule has 1 saturated heterocycles. The second-order valence-electron chi connectivity index (χ2n) is 11.0. The number of pyridine rings is 1. The molecule has 1 N–H and O–H groups in total. The van der Waals surface area contributed by atoms with Gasteiger partial charge < -0.3 is 14.2 Å². The summed E-state index contributed by atoms with van der Waals surface area (Å²) in [6, 6.07) is 23.4. The van der Waals surface area contributed by atoms with Gasteiger partial charge >= 0.3 is 11.9 Å². The Morgan fingerprint density at radius 3 is 2.51 bits per heavy atom. The van der Waals surface area contributed by atoms with E-state index in [-0.39, 0.29) is 16.4 Å². The monoisotopic (exact) mass is 661 g/mol. The second kappa shape index (κ2) is 12.1. The van der Waals surface area contributed by atoms with Crippen LogP contribution in [0.1, 0.15) is 44.5 Å². The molecular weight excluding hydrogens is 635 g/mol. The van der Waals surface area contributed by atoms with Crippen LogP contribution in [0.4, 0.5) is 5.13 Å². The van der Waals surface area contributed by atoms with Gasteiger partial charge in [-0.05, 0) is 59.5 Å². The number of aromatic nitrogens is 4. The van der Waals surface area contributed by atoms with Crippen molar-refractivity contribution in [3.8, 4) is 0 Å². The number of benzene rings is 3. The molecular formula is C35H27N5O5S2. The van der Waals surface area contributed by atoms with Crippen molar-refractivity contribution in [1.82, 2.24) is 19.6 Å². The fourth-order valence-corrected chi connectivity index (χ4v) is 7.73. The van der Waals surface area contributed by atoms with E-state index in [9.17, 15) is 19.5 Å². The Kier molecular flexibility index (Phi) is 7.82. The highest BCUT2D eigenvalue weighted by Crippen LogP contribution is 2.44. The van der Waals surface area contributed by atoms with E-state index in [2.05, 4.69) is 39.4 Å². The third kappa shape index (κ3) is 5.25. The number of aliphatic hydroxyl groups is 1. The number of carbonyl (C=O) groups is 3.